The van der Waals surface area contributed by atoms with Gasteiger partial charge >= 0.3 is 0 Å². The van der Waals surface area contributed by atoms with Crippen molar-refractivity contribution in [1.82, 2.24) is 0 Å². The van der Waals surface area contributed by atoms with Crippen LogP contribution in [0.5, 0.6) is 11.5 Å². The Morgan fingerprint density at radius 2 is 2.29 bits per heavy atom. The van der Waals surface area contributed by atoms with Crippen molar-refractivity contribution in [3.8, 4) is 11.5 Å². The number of rotatable bonds is 5. The second-order valence-corrected chi connectivity index (χ2v) is 4.08. The second kappa shape index (κ2) is 5.77. The van der Waals surface area contributed by atoms with Gasteiger partial charge in [-0.05, 0) is 31.9 Å². The summed E-state index contributed by atoms with van der Waals surface area (Å²) in [5.41, 5.74) is 6.42. The fourth-order valence-electron chi connectivity index (χ4n) is 1.85. The lowest BCUT2D eigenvalue weighted by Gasteiger charge is -2.13. The summed E-state index contributed by atoms with van der Waals surface area (Å²) in [6, 6.07) is 5.48. The summed E-state index contributed by atoms with van der Waals surface area (Å²) in [5, 5.41) is 0. The van der Waals surface area contributed by atoms with Gasteiger partial charge in [0.2, 0.25) is 0 Å². The normalized spacial score (nSPS) is 19.2. The number of benzene rings is 1. The molecule has 0 amide bonds. The Kier molecular flexibility index (Phi) is 4.09. The van der Waals surface area contributed by atoms with Crippen molar-refractivity contribution in [2.24, 2.45) is 0 Å². The van der Waals surface area contributed by atoms with E-state index in [1.807, 2.05) is 19.1 Å². The molecule has 1 atom stereocenters. The number of hydrogen-bond acceptors (Lipinski definition) is 4. The van der Waals surface area contributed by atoms with Gasteiger partial charge in [0.15, 0.2) is 0 Å². The van der Waals surface area contributed by atoms with Gasteiger partial charge in [-0.2, -0.15) is 0 Å². The predicted octanol–water partition coefficient (Wildman–Crippen LogP) is 2.23. The molecule has 0 aliphatic carbocycles. The SMILES string of the molecule is CCOc1cc(OCC2CCCO2)ccc1N. The molecule has 4 heteroatoms. The summed E-state index contributed by atoms with van der Waals surface area (Å²) in [6.45, 7) is 3.97. The summed E-state index contributed by atoms with van der Waals surface area (Å²) in [6.07, 6.45) is 2.43. The van der Waals surface area contributed by atoms with Crippen molar-refractivity contribution in [2.75, 3.05) is 25.6 Å². The van der Waals surface area contributed by atoms with Gasteiger partial charge in [0.1, 0.15) is 18.1 Å². The number of nitrogens with two attached hydrogens (primary N) is 1. The Bertz CT molecular complexity index is 362. The van der Waals surface area contributed by atoms with Crippen LogP contribution in [0.3, 0.4) is 0 Å². The third kappa shape index (κ3) is 3.27. The van der Waals surface area contributed by atoms with Gasteiger partial charge in [-0.3, -0.25) is 0 Å². The molecule has 1 unspecified atom stereocenters. The lowest BCUT2D eigenvalue weighted by molar-refractivity contribution is 0.0678. The third-order valence-corrected chi connectivity index (χ3v) is 2.74. The minimum Gasteiger partial charge on any atom is -0.492 e. The number of anilines is 1. The molecule has 1 aliphatic heterocycles. The van der Waals surface area contributed by atoms with Gasteiger partial charge < -0.3 is 19.9 Å². The van der Waals surface area contributed by atoms with Crippen LogP contribution in [0.4, 0.5) is 5.69 Å². The molecular formula is C13H19NO3. The zero-order valence-corrected chi connectivity index (χ0v) is 10.1. The molecule has 1 heterocycles. The highest BCUT2D eigenvalue weighted by molar-refractivity contribution is 5.55. The molecular weight excluding hydrogens is 218 g/mol. The van der Waals surface area contributed by atoms with E-state index < -0.39 is 0 Å². The molecule has 1 saturated heterocycles. The maximum atomic E-state index is 5.79. The zero-order chi connectivity index (χ0) is 12.1. The highest BCUT2D eigenvalue weighted by Crippen LogP contribution is 2.27. The van der Waals surface area contributed by atoms with Gasteiger partial charge in [-0.25, -0.2) is 0 Å². The van der Waals surface area contributed by atoms with Crippen molar-refractivity contribution < 1.29 is 14.2 Å². The van der Waals surface area contributed by atoms with Crippen LogP contribution >= 0.6 is 0 Å². The van der Waals surface area contributed by atoms with Gasteiger partial charge in [0.25, 0.3) is 0 Å². The van der Waals surface area contributed by atoms with E-state index in [0.717, 1.165) is 25.2 Å². The molecule has 2 rings (SSSR count). The highest BCUT2D eigenvalue weighted by Gasteiger charge is 2.16. The maximum Gasteiger partial charge on any atom is 0.145 e. The van der Waals surface area contributed by atoms with E-state index in [2.05, 4.69) is 0 Å². The van der Waals surface area contributed by atoms with Crippen LogP contribution in [0.2, 0.25) is 0 Å². The molecule has 0 bridgehead atoms. The van der Waals surface area contributed by atoms with Crippen LogP contribution in [0.15, 0.2) is 18.2 Å². The molecule has 1 aliphatic rings. The topological polar surface area (TPSA) is 53.7 Å². The van der Waals surface area contributed by atoms with Crippen LogP contribution in [0.1, 0.15) is 19.8 Å². The van der Waals surface area contributed by atoms with Crippen LogP contribution in [-0.4, -0.2) is 25.9 Å². The van der Waals surface area contributed by atoms with E-state index in [9.17, 15) is 0 Å². The molecule has 0 saturated carbocycles. The smallest absolute Gasteiger partial charge is 0.145 e. The zero-order valence-electron chi connectivity index (χ0n) is 10.1. The summed E-state index contributed by atoms with van der Waals surface area (Å²) < 4.78 is 16.6. The first kappa shape index (κ1) is 12.0. The Labute approximate surface area is 102 Å². The van der Waals surface area contributed by atoms with Crippen LogP contribution in [0.25, 0.3) is 0 Å². The first-order valence-corrected chi connectivity index (χ1v) is 6.06. The van der Waals surface area contributed by atoms with Gasteiger partial charge in [0, 0.05) is 12.7 Å². The summed E-state index contributed by atoms with van der Waals surface area (Å²) in [4.78, 5) is 0. The summed E-state index contributed by atoms with van der Waals surface area (Å²) in [5.74, 6) is 1.45. The monoisotopic (exact) mass is 237 g/mol. The van der Waals surface area contributed by atoms with Crippen molar-refractivity contribution in [2.45, 2.75) is 25.9 Å². The third-order valence-electron chi connectivity index (χ3n) is 2.74. The van der Waals surface area contributed by atoms with E-state index in [4.69, 9.17) is 19.9 Å². The summed E-state index contributed by atoms with van der Waals surface area (Å²) >= 11 is 0. The van der Waals surface area contributed by atoms with Gasteiger partial charge in [-0.15, -0.1) is 0 Å². The van der Waals surface area contributed by atoms with Gasteiger partial charge in [-0.1, -0.05) is 0 Å². The Morgan fingerprint density at radius 3 is 3.00 bits per heavy atom. The molecule has 0 radical (unpaired) electrons. The number of nitrogen functional groups attached to an aromatic ring is 1. The molecule has 1 aromatic carbocycles. The van der Waals surface area contributed by atoms with E-state index in [1.165, 1.54) is 0 Å². The van der Waals surface area contributed by atoms with Crippen molar-refractivity contribution in [3.63, 3.8) is 0 Å². The van der Waals surface area contributed by atoms with E-state index >= 15 is 0 Å². The standard InChI is InChI=1S/C13H19NO3/c1-2-15-13-8-10(5-6-12(13)14)17-9-11-4-3-7-16-11/h5-6,8,11H,2-4,7,9,14H2,1H3. The molecule has 94 valence electrons. The first-order valence-electron chi connectivity index (χ1n) is 6.06. The highest BCUT2D eigenvalue weighted by atomic mass is 16.5. The molecule has 2 N–H and O–H groups in total. The molecule has 1 fully saturated rings. The molecule has 17 heavy (non-hydrogen) atoms. The average molecular weight is 237 g/mol. The average Bonchev–Trinajstić information content (AvgIpc) is 2.83. The second-order valence-electron chi connectivity index (χ2n) is 4.08. The van der Waals surface area contributed by atoms with Crippen LogP contribution in [0, 0.1) is 0 Å². The van der Waals surface area contributed by atoms with E-state index in [-0.39, 0.29) is 6.10 Å². The molecule has 4 nitrogen and oxygen atoms in total. The van der Waals surface area contributed by atoms with Crippen molar-refractivity contribution in [1.29, 1.82) is 0 Å². The fourth-order valence-corrected chi connectivity index (χ4v) is 1.85. The molecule has 0 spiro atoms. The van der Waals surface area contributed by atoms with E-state index in [0.29, 0.717) is 24.7 Å². The Balaban J connectivity index is 1.93. The van der Waals surface area contributed by atoms with Crippen molar-refractivity contribution in [3.05, 3.63) is 18.2 Å². The van der Waals surface area contributed by atoms with Crippen LogP contribution in [-0.2, 0) is 4.74 Å². The van der Waals surface area contributed by atoms with Gasteiger partial charge in [0.05, 0.1) is 18.4 Å². The lowest BCUT2D eigenvalue weighted by Crippen LogP contribution is -2.16. The maximum absolute atomic E-state index is 5.79. The van der Waals surface area contributed by atoms with Crippen molar-refractivity contribution >= 4 is 5.69 Å². The Morgan fingerprint density at radius 1 is 1.41 bits per heavy atom. The van der Waals surface area contributed by atoms with E-state index in [1.54, 1.807) is 6.07 Å². The molecule has 0 aromatic heterocycles. The number of hydrogen-bond donors (Lipinski definition) is 1. The first-order chi connectivity index (χ1) is 8.29. The predicted molar refractivity (Wildman–Crippen MR) is 66.5 cm³/mol. The fraction of sp³-hybridized carbons (Fsp3) is 0.538. The largest absolute Gasteiger partial charge is 0.492 e. The quantitative estimate of drug-likeness (QED) is 0.798. The van der Waals surface area contributed by atoms with Crippen LogP contribution < -0.4 is 15.2 Å². The minimum atomic E-state index is 0.225. The summed E-state index contributed by atoms with van der Waals surface area (Å²) in [7, 11) is 0. The molecule has 1 aromatic rings. The Hall–Kier alpha value is -1.42. The minimum absolute atomic E-state index is 0.225. The lowest BCUT2D eigenvalue weighted by atomic mass is 10.2. The number of ether oxygens (including phenoxy) is 3.